The Morgan fingerprint density at radius 3 is 2.45 bits per heavy atom. The molecule has 0 N–H and O–H groups in total. The van der Waals surface area contributed by atoms with E-state index in [1.807, 2.05) is 25.4 Å². The van der Waals surface area contributed by atoms with Gasteiger partial charge in [0.25, 0.3) is 0 Å². The molecule has 2 heterocycles. The summed E-state index contributed by atoms with van der Waals surface area (Å²) in [5, 5.41) is 1.78. The second-order valence-electron chi connectivity index (χ2n) is 11.7. The van der Waals surface area contributed by atoms with Gasteiger partial charge in [-0.15, -0.1) is 0 Å². The minimum absolute atomic E-state index is 0.234. The van der Waals surface area contributed by atoms with Gasteiger partial charge in [0.05, 0.1) is 5.56 Å². The number of rotatable bonds is 3. The molecule has 5 aromatic rings. The standard InChI is InChI=1S/C35H35FNO/c1-22-10-17-29-31-21-28(36)20-30(34(31)38-35(29)33(22)32-9-5-6-18-37(32)2)25-14-11-24(12-15-25)27-16-13-23-7-3-4-8-26(23)19-27/h5-6,9-12,14-15,17-18,20-21,23,26-27H,3-4,7-8,13,16,19H2,1-2H3/q+1. The molecule has 3 unspecified atom stereocenters. The largest absolute Gasteiger partial charge is 0.454 e. The molecule has 38 heavy (non-hydrogen) atoms. The Morgan fingerprint density at radius 2 is 1.63 bits per heavy atom. The molecule has 0 amide bonds. The van der Waals surface area contributed by atoms with Crippen molar-refractivity contribution in [1.82, 2.24) is 0 Å². The van der Waals surface area contributed by atoms with Crippen LogP contribution in [0.5, 0.6) is 0 Å². The molecule has 2 saturated carbocycles. The van der Waals surface area contributed by atoms with E-state index < -0.39 is 0 Å². The lowest BCUT2D eigenvalue weighted by molar-refractivity contribution is -0.660. The number of benzene rings is 3. The van der Waals surface area contributed by atoms with Crippen LogP contribution in [0.25, 0.3) is 44.3 Å². The first-order chi connectivity index (χ1) is 18.6. The van der Waals surface area contributed by atoms with Crippen LogP contribution < -0.4 is 4.57 Å². The van der Waals surface area contributed by atoms with Gasteiger partial charge in [0.15, 0.2) is 6.20 Å². The molecule has 3 atom stereocenters. The van der Waals surface area contributed by atoms with E-state index in [0.717, 1.165) is 61.7 Å². The summed E-state index contributed by atoms with van der Waals surface area (Å²) in [5.74, 6) is 2.28. The molecule has 2 aliphatic carbocycles. The van der Waals surface area contributed by atoms with Crippen LogP contribution in [0, 0.1) is 24.6 Å². The lowest BCUT2D eigenvalue weighted by Gasteiger charge is -2.39. The first-order valence-corrected chi connectivity index (χ1v) is 14.3. The molecule has 2 aliphatic rings. The molecule has 3 aromatic carbocycles. The number of aryl methyl sites for hydroxylation is 2. The predicted octanol–water partition coefficient (Wildman–Crippen LogP) is 9.27. The van der Waals surface area contributed by atoms with Gasteiger partial charge in [0.1, 0.15) is 24.0 Å². The molecular weight excluding hydrogens is 469 g/mol. The summed E-state index contributed by atoms with van der Waals surface area (Å²) < 4.78 is 23.8. The number of hydrogen-bond donors (Lipinski definition) is 0. The zero-order valence-corrected chi connectivity index (χ0v) is 22.3. The Kier molecular flexibility index (Phi) is 5.83. The van der Waals surface area contributed by atoms with Gasteiger partial charge in [-0.05, 0) is 78.8 Å². The molecule has 0 aliphatic heterocycles. The molecule has 0 saturated heterocycles. The third-order valence-electron chi connectivity index (χ3n) is 9.46. The lowest BCUT2D eigenvalue weighted by Crippen LogP contribution is -2.30. The monoisotopic (exact) mass is 504 g/mol. The van der Waals surface area contributed by atoms with Crippen molar-refractivity contribution < 1.29 is 13.4 Å². The summed E-state index contributed by atoms with van der Waals surface area (Å²) in [6, 6.07) is 22.5. The SMILES string of the molecule is Cc1ccc2c(oc3c(-c4ccc(C5CCC6CCCCC6C5)cc4)cc(F)cc32)c1-c1cccc[n+]1C. The first kappa shape index (κ1) is 23.6. The topological polar surface area (TPSA) is 17.0 Å². The van der Waals surface area contributed by atoms with Gasteiger partial charge < -0.3 is 4.42 Å². The molecule has 0 bridgehead atoms. The maximum atomic E-state index is 15.0. The molecular formula is C35H35FNO+. The van der Waals surface area contributed by atoms with Crippen LogP contribution in [-0.4, -0.2) is 0 Å². The Balaban J connectivity index is 1.30. The van der Waals surface area contributed by atoms with E-state index in [1.165, 1.54) is 50.5 Å². The number of nitrogens with zero attached hydrogens (tertiary/aromatic N) is 1. The highest BCUT2D eigenvalue weighted by molar-refractivity contribution is 6.13. The molecule has 2 fully saturated rings. The fourth-order valence-electron chi connectivity index (χ4n) is 7.43. The summed E-state index contributed by atoms with van der Waals surface area (Å²) in [4.78, 5) is 0. The second-order valence-corrected chi connectivity index (χ2v) is 11.7. The Labute approximate surface area is 224 Å². The maximum absolute atomic E-state index is 15.0. The van der Waals surface area contributed by atoms with Gasteiger partial charge in [-0.2, -0.15) is 0 Å². The summed E-state index contributed by atoms with van der Waals surface area (Å²) in [6.45, 7) is 2.11. The maximum Gasteiger partial charge on any atom is 0.216 e. The second kappa shape index (κ2) is 9.38. The molecule has 2 nitrogen and oxygen atoms in total. The number of furan rings is 1. The first-order valence-electron chi connectivity index (χ1n) is 14.3. The molecule has 2 aromatic heterocycles. The number of halogens is 1. The Morgan fingerprint density at radius 1 is 0.816 bits per heavy atom. The zero-order valence-electron chi connectivity index (χ0n) is 22.3. The van der Waals surface area contributed by atoms with Crippen molar-refractivity contribution in [3.05, 3.63) is 89.9 Å². The van der Waals surface area contributed by atoms with Crippen molar-refractivity contribution >= 4 is 21.9 Å². The van der Waals surface area contributed by atoms with Gasteiger partial charge in [-0.3, -0.25) is 0 Å². The lowest BCUT2D eigenvalue weighted by atomic mass is 9.66. The van der Waals surface area contributed by atoms with Crippen LogP contribution in [0.3, 0.4) is 0 Å². The molecule has 192 valence electrons. The van der Waals surface area contributed by atoms with E-state index in [-0.39, 0.29) is 5.82 Å². The third kappa shape index (κ3) is 3.95. The van der Waals surface area contributed by atoms with Gasteiger partial charge in [-0.1, -0.05) is 62.1 Å². The van der Waals surface area contributed by atoms with Crippen molar-refractivity contribution in [3.63, 3.8) is 0 Å². The van der Waals surface area contributed by atoms with Crippen molar-refractivity contribution in [2.45, 2.75) is 57.8 Å². The molecule has 3 heteroatoms. The van der Waals surface area contributed by atoms with Crippen molar-refractivity contribution in [2.75, 3.05) is 0 Å². The highest BCUT2D eigenvalue weighted by Gasteiger charge is 2.32. The van der Waals surface area contributed by atoms with Crippen LogP contribution in [-0.2, 0) is 7.05 Å². The van der Waals surface area contributed by atoms with Crippen LogP contribution in [0.15, 0.2) is 77.3 Å². The van der Waals surface area contributed by atoms with E-state index in [4.69, 9.17) is 4.42 Å². The summed E-state index contributed by atoms with van der Waals surface area (Å²) in [6.07, 6.45) is 11.7. The normalized spacial score (nSPS) is 21.6. The average molecular weight is 505 g/mol. The average Bonchev–Trinajstić information content (AvgIpc) is 3.31. The number of aromatic nitrogens is 1. The Hall–Kier alpha value is -3.46. The van der Waals surface area contributed by atoms with E-state index in [2.05, 4.69) is 54.0 Å². The van der Waals surface area contributed by atoms with E-state index in [9.17, 15) is 0 Å². The van der Waals surface area contributed by atoms with Crippen molar-refractivity contribution in [1.29, 1.82) is 0 Å². The van der Waals surface area contributed by atoms with Crippen LogP contribution in [0.4, 0.5) is 4.39 Å². The highest BCUT2D eigenvalue weighted by atomic mass is 19.1. The van der Waals surface area contributed by atoms with Crippen LogP contribution >= 0.6 is 0 Å². The van der Waals surface area contributed by atoms with E-state index in [1.54, 1.807) is 12.1 Å². The quantitative estimate of drug-likeness (QED) is 0.224. The van der Waals surface area contributed by atoms with Gasteiger partial charge >= 0.3 is 0 Å². The van der Waals surface area contributed by atoms with Crippen LogP contribution in [0.1, 0.15) is 62.0 Å². The van der Waals surface area contributed by atoms with Crippen molar-refractivity contribution in [2.24, 2.45) is 18.9 Å². The van der Waals surface area contributed by atoms with Gasteiger partial charge in [0.2, 0.25) is 5.69 Å². The summed E-state index contributed by atoms with van der Waals surface area (Å²) >= 11 is 0. The Bertz CT molecular complexity index is 1650. The molecule has 0 spiro atoms. The third-order valence-corrected chi connectivity index (χ3v) is 9.46. The summed E-state index contributed by atoms with van der Waals surface area (Å²) in [5.41, 5.74) is 8.10. The van der Waals surface area contributed by atoms with Crippen LogP contribution in [0.2, 0.25) is 0 Å². The zero-order chi connectivity index (χ0) is 25.8. The number of hydrogen-bond acceptors (Lipinski definition) is 1. The summed E-state index contributed by atoms with van der Waals surface area (Å²) in [7, 11) is 2.05. The minimum atomic E-state index is -0.234. The minimum Gasteiger partial charge on any atom is -0.454 e. The van der Waals surface area contributed by atoms with E-state index >= 15 is 4.39 Å². The number of fused-ring (bicyclic) bond motifs is 4. The number of pyridine rings is 1. The van der Waals surface area contributed by atoms with Crippen molar-refractivity contribution in [3.8, 4) is 22.4 Å². The fraction of sp³-hybridized carbons (Fsp3) is 0.343. The van der Waals surface area contributed by atoms with Gasteiger partial charge in [-0.25, -0.2) is 8.96 Å². The smallest absolute Gasteiger partial charge is 0.216 e. The van der Waals surface area contributed by atoms with Gasteiger partial charge in [0, 0.05) is 28.5 Å². The molecule has 0 radical (unpaired) electrons. The fourth-order valence-corrected chi connectivity index (χ4v) is 7.43. The van der Waals surface area contributed by atoms with E-state index in [0.29, 0.717) is 5.92 Å². The predicted molar refractivity (Wildman–Crippen MR) is 153 cm³/mol. The molecule has 7 rings (SSSR count). The highest BCUT2D eigenvalue weighted by Crippen LogP contribution is 2.46.